The van der Waals surface area contributed by atoms with Gasteiger partial charge in [-0.3, -0.25) is 0 Å². The SMILES string of the molecule is COc1ccc2c3c1O[C@H]1C(OC(=O)N(C)CCN)=CC[C@@]4(O)[C@@H](C2)N(C)CC[C@]314. The molecule has 3 N–H and O–H groups in total. The lowest BCUT2D eigenvalue weighted by Crippen LogP contribution is -2.74. The number of carbonyl (C=O) groups excluding carboxylic acids is 1. The van der Waals surface area contributed by atoms with Crippen molar-refractivity contribution in [2.24, 2.45) is 5.73 Å². The van der Waals surface area contributed by atoms with Crippen LogP contribution < -0.4 is 15.2 Å². The van der Waals surface area contributed by atoms with Crippen molar-refractivity contribution in [3.05, 3.63) is 35.1 Å². The number of amides is 1. The van der Waals surface area contributed by atoms with Crippen molar-refractivity contribution in [2.45, 2.75) is 42.4 Å². The van der Waals surface area contributed by atoms with Gasteiger partial charge < -0.3 is 34.9 Å². The molecule has 0 saturated carbocycles. The third kappa shape index (κ3) is 2.29. The van der Waals surface area contributed by atoms with Gasteiger partial charge in [-0.1, -0.05) is 6.07 Å². The fraction of sp³-hybridized carbons (Fsp3) is 0.591. The van der Waals surface area contributed by atoms with E-state index in [4.69, 9.17) is 19.9 Å². The highest BCUT2D eigenvalue weighted by molar-refractivity contribution is 5.70. The van der Waals surface area contributed by atoms with Crippen LogP contribution >= 0.6 is 0 Å². The molecule has 1 saturated heterocycles. The Balaban J connectivity index is 1.64. The number of rotatable bonds is 4. The average molecular weight is 415 g/mol. The molecular weight excluding hydrogens is 386 g/mol. The molecule has 0 aromatic heterocycles. The summed E-state index contributed by atoms with van der Waals surface area (Å²) in [4.78, 5) is 16.3. The van der Waals surface area contributed by atoms with Crippen molar-refractivity contribution in [1.29, 1.82) is 0 Å². The van der Waals surface area contributed by atoms with E-state index >= 15 is 0 Å². The Morgan fingerprint density at radius 3 is 3.00 bits per heavy atom. The van der Waals surface area contributed by atoms with Crippen LogP contribution in [0.15, 0.2) is 24.0 Å². The molecule has 1 aromatic carbocycles. The van der Waals surface area contributed by atoms with Gasteiger partial charge in [0.05, 0.1) is 18.1 Å². The topological polar surface area (TPSA) is 97.5 Å². The van der Waals surface area contributed by atoms with E-state index in [1.807, 2.05) is 12.1 Å². The lowest BCUT2D eigenvalue weighted by Gasteiger charge is -2.61. The van der Waals surface area contributed by atoms with E-state index in [0.29, 0.717) is 43.2 Å². The third-order valence-corrected chi connectivity index (χ3v) is 7.54. The average Bonchev–Trinajstić information content (AvgIpc) is 3.08. The highest BCUT2D eigenvalue weighted by Crippen LogP contribution is 2.65. The summed E-state index contributed by atoms with van der Waals surface area (Å²) in [6.07, 6.45) is 2.64. The maximum atomic E-state index is 12.6. The molecule has 5 rings (SSSR count). The van der Waals surface area contributed by atoms with E-state index in [1.54, 1.807) is 14.2 Å². The van der Waals surface area contributed by atoms with Gasteiger partial charge in [0.2, 0.25) is 0 Å². The van der Waals surface area contributed by atoms with Crippen LogP contribution in [0.2, 0.25) is 0 Å². The fourth-order valence-corrected chi connectivity index (χ4v) is 6.05. The number of ether oxygens (including phenoxy) is 3. The van der Waals surface area contributed by atoms with Gasteiger partial charge in [0, 0.05) is 38.2 Å². The number of methoxy groups -OCH3 is 1. The number of nitrogens with two attached hydrogens (primary N) is 1. The largest absolute Gasteiger partial charge is 0.493 e. The number of hydrogen-bond donors (Lipinski definition) is 2. The molecule has 1 aromatic rings. The van der Waals surface area contributed by atoms with Crippen molar-refractivity contribution in [3.8, 4) is 11.5 Å². The Kier molecular flexibility index (Phi) is 4.33. The van der Waals surface area contributed by atoms with Crippen molar-refractivity contribution in [1.82, 2.24) is 9.80 Å². The van der Waals surface area contributed by atoms with Gasteiger partial charge in [0.25, 0.3) is 0 Å². The quantitative estimate of drug-likeness (QED) is 0.757. The van der Waals surface area contributed by atoms with E-state index < -0.39 is 23.2 Å². The summed E-state index contributed by atoms with van der Waals surface area (Å²) in [5, 5.41) is 12.1. The van der Waals surface area contributed by atoms with Crippen molar-refractivity contribution in [2.75, 3.05) is 40.8 Å². The van der Waals surface area contributed by atoms with Crippen LogP contribution in [0.1, 0.15) is 24.0 Å². The van der Waals surface area contributed by atoms with Crippen molar-refractivity contribution in [3.63, 3.8) is 0 Å². The van der Waals surface area contributed by atoms with E-state index in [0.717, 1.165) is 18.5 Å². The fourth-order valence-electron chi connectivity index (χ4n) is 6.05. The molecule has 2 aliphatic carbocycles. The van der Waals surface area contributed by atoms with Crippen LogP contribution in [0.25, 0.3) is 0 Å². The minimum atomic E-state index is -1.01. The van der Waals surface area contributed by atoms with Crippen molar-refractivity contribution >= 4 is 6.09 Å². The van der Waals surface area contributed by atoms with Crippen LogP contribution in [0.3, 0.4) is 0 Å². The number of carbonyl (C=O) groups is 1. The molecule has 2 bridgehead atoms. The van der Waals surface area contributed by atoms with Gasteiger partial charge in [-0.2, -0.15) is 0 Å². The highest BCUT2D eigenvalue weighted by atomic mass is 16.6. The summed E-state index contributed by atoms with van der Waals surface area (Å²) in [5.41, 5.74) is 6.09. The Morgan fingerprint density at radius 2 is 2.27 bits per heavy atom. The highest BCUT2D eigenvalue weighted by Gasteiger charge is 2.72. The summed E-state index contributed by atoms with van der Waals surface area (Å²) in [7, 11) is 5.34. The lowest BCUT2D eigenvalue weighted by atomic mass is 9.50. The maximum absolute atomic E-state index is 12.6. The molecule has 1 spiro atoms. The number of piperidine rings is 1. The minimum absolute atomic E-state index is 0.0300. The first kappa shape index (κ1) is 19.7. The van der Waals surface area contributed by atoms with Gasteiger partial charge in [-0.05, 0) is 44.1 Å². The Bertz CT molecular complexity index is 934. The molecule has 8 nitrogen and oxygen atoms in total. The minimum Gasteiger partial charge on any atom is -0.493 e. The van der Waals surface area contributed by atoms with Crippen LogP contribution in [-0.4, -0.2) is 79.6 Å². The number of likely N-dealkylation sites (N-methyl/N-ethyl adjacent to an activating group) is 2. The molecule has 4 atom stereocenters. The molecule has 0 unspecified atom stereocenters. The number of aliphatic hydroxyl groups is 1. The van der Waals surface area contributed by atoms with E-state index in [-0.39, 0.29) is 6.04 Å². The molecule has 4 aliphatic rings. The molecule has 1 fully saturated rings. The molecule has 162 valence electrons. The van der Waals surface area contributed by atoms with Gasteiger partial charge >= 0.3 is 6.09 Å². The van der Waals surface area contributed by atoms with Gasteiger partial charge in [-0.15, -0.1) is 0 Å². The summed E-state index contributed by atoms with van der Waals surface area (Å²) < 4.78 is 17.8. The zero-order valence-electron chi connectivity index (χ0n) is 17.7. The molecule has 2 aliphatic heterocycles. The predicted octanol–water partition coefficient (Wildman–Crippen LogP) is 1.00. The van der Waals surface area contributed by atoms with Crippen LogP contribution in [0.4, 0.5) is 4.79 Å². The number of nitrogens with zero attached hydrogens (tertiary/aromatic N) is 2. The van der Waals surface area contributed by atoms with E-state index in [1.165, 1.54) is 10.5 Å². The number of likely N-dealkylation sites (tertiary alicyclic amines) is 1. The number of benzene rings is 1. The van der Waals surface area contributed by atoms with E-state index in [9.17, 15) is 9.90 Å². The molecule has 0 radical (unpaired) electrons. The smallest absolute Gasteiger partial charge is 0.414 e. The summed E-state index contributed by atoms with van der Waals surface area (Å²) in [6, 6.07) is 3.97. The third-order valence-electron chi connectivity index (χ3n) is 7.54. The summed E-state index contributed by atoms with van der Waals surface area (Å²) >= 11 is 0. The first-order valence-corrected chi connectivity index (χ1v) is 10.5. The van der Waals surface area contributed by atoms with Gasteiger partial charge in [-0.25, -0.2) is 4.79 Å². The van der Waals surface area contributed by atoms with Crippen LogP contribution in [0, 0.1) is 0 Å². The van der Waals surface area contributed by atoms with Gasteiger partial charge in [0.1, 0.15) is 5.76 Å². The zero-order valence-corrected chi connectivity index (χ0v) is 17.7. The summed E-state index contributed by atoms with van der Waals surface area (Å²) in [5.74, 6) is 1.77. The Hall–Kier alpha value is -2.29. The first-order chi connectivity index (χ1) is 14.4. The maximum Gasteiger partial charge on any atom is 0.414 e. The van der Waals surface area contributed by atoms with Crippen LogP contribution in [-0.2, 0) is 16.6 Å². The first-order valence-electron chi connectivity index (χ1n) is 10.5. The number of hydrogen-bond acceptors (Lipinski definition) is 7. The van der Waals surface area contributed by atoms with Gasteiger partial charge in [0.15, 0.2) is 17.6 Å². The molecule has 2 heterocycles. The second kappa shape index (κ2) is 6.60. The second-order valence-corrected chi connectivity index (χ2v) is 8.86. The zero-order chi connectivity index (χ0) is 21.3. The Morgan fingerprint density at radius 1 is 1.47 bits per heavy atom. The Labute approximate surface area is 176 Å². The second-order valence-electron chi connectivity index (χ2n) is 8.86. The normalized spacial score (nSPS) is 33.3. The lowest BCUT2D eigenvalue weighted by molar-refractivity contribution is -0.163. The molecule has 1 amide bonds. The standard InChI is InChI=1S/C22H29N3O5/c1-24-10-8-21-17-13-4-5-14(28-3)18(17)30-19(21)15(29-20(26)25(2)11-9-23)6-7-22(21,27)16(24)12-13/h4-6,16,19,27H,7-12,23H2,1-3H3/t16-,19+,21+,22-/m1/s1. The van der Waals surface area contributed by atoms with Crippen molar-refractivity contribution < 1.29 is 24.1 Å². The molecule has 8 heteroatoms. The van der Waals surface area contributed by atoms with E-state index in [2.05, 4.69) is 18.0 Å². The molecule has 30 heavy (non-hydrogen) atoms. The molecular formula is C22H29N3O5. The van der Waals surface area contributed by atoms with Crippen LogP contribution in [0.5, 0.6) is 11.5 Å². The monoisotopic (exact) mass is 415 g/mol. The summed E-state index contributed by atoms with van der Waals surface area (Å²) in [6.45, 7) is 1.59. The predicted molar refractivity (Wildman–Crippen MR) is 110 cm³/mol.